The summed E-state index contributed by atoms with van der Waals surface area (Å²) in [7, 11) is 0. The van der Waals surface area contributed by atoms with Crippen LogP contribution in [-0.4, -0.2) is 32.2 Å². The minimum atomic E-state index is -0.961. The highest BCUT2D eigenvalue weighted by molar-refractivity contribution is 6.01. The average molecular weight is 336 g/mol. The maximum atomic E-state index is 12.6. The van der Waals surface area contributed by atoms with E-state index in [4.69, 9.17) is 5.26 Å². The van der Waals surface area contributed by atoms with E-state index in [1.54, 1.807) is 24.7 Å². The SMILES string of the molecule is CCC1(C#N)CCN(c2ccnc(Nc3cnn(CC#N)c3)n2)C1=O. The molecule has 0 aromatic carbocycles. The zero-order chi connectivity index (χ0) is 17.9. The lowest BCUT2D eigenvalue weighted by molar-refractivity contribution is -0.123. The molecule has 0 spiro atoms. The van der Waals surface area contributed by atoms with Crippen LogP contribution in [0.25, 0.3) is 0 Å². The lowest BCUT2D eigenvalue weighted by atomic mass is 9.85. The lowest BCUT2D eigenvalue weighted by Gasteiger charge is -2.19. The Morgan fingerprint density at radius 1 is 1.44 bits per heavy atom. The molecule has 1 aliphatic heterocycles. The molecule has 0 saturated carbocycles. The normalized spacial score (nSPS) is 19.5. The first-order valence-corrected chi connectivity index (χ1v) is 7.84. The van der Waals surface area contributed by atoms with Crippen molar-refractivity contribution in [2.45, 2.75) is 26.3 Å². The average Bonchev–Trinajstić information content (AvgIpc) is 3.20. The second kappa shape index (κ2) is 6.57. The number of hydrogen-bond acceptors (Lipinski definition) is 7. The molecule has 9 heteroatoms. The molecular weight excluding hydrogens is 320 g/mol. The van der Waals surface area contributed by atoms with Crippen LogP contribution in [0.2, 0.25) is 0 Å². The first-order valence-electron chi connectivity index (χ1n) is 7.84. The summed E-state index contributed by atoms with van der Waals surface area (Å²) in [6, 6.07) is 5.80. The van der Waals surface area contributed by atoms with Gasteiger partial charge >= 0.3 is 0 Å². The molecule has 0 radical (unpaired) electrons. The molecule has 2 aromatic heterocycles. The molecule has 1 N–H and O–H groups in total. The molecule has 1 fully saturated rings. The van der Waals surface area contributed by atoms with Crippen molar-refractivity contribution >= 4 is 23.4 Å². The molecular formula is C16H16N8O. The van der Waals surface area contributed by atoms with Crippen molar-refractivity contribution in [1.29, 1.82) is 10.5 Å². The van der Waals surface area contributed by atoms with Gasteiger partial charge in [-0.15, -0.1) is 0 Å². The summed E-state index contributed by atoms with van der Waals surface area (Å²) in [5, 5.41) is 25.1. The van der Waals surface area contributed by atoms with Crippen LogP contribution < -0.4 is 10.2 Å². The predicted molar refractivity (Wildman–Crippen MR) is 88.5 cm³/mol. The van der Waals surface area contributed by atoms with Crippen molar-refractivity contribution < 1.29 is 4.79 Å². The van der Waals surface area contributed by atoms with Crippen molar-refractivity contribution in [3.8, 4) is 12.1 Å². The van der Waals surface area contributed by atoms with E-state index < -0.39 is 5.41 Å². The van der Waals surface area contributed by atoms with Gasteiger partial charge in [-0.1, -0.05) is 6.92 Å². The number of nitrogens with one attached hydrogen (secondary N) is 1. The molecule has 1 unspecified atom stereocenters. The standard InChI is InChI=1S/C16H16N8O/c1-2-16(11-18)4-7-24(14(16)25)13-3-6-19-15(22-13)21-12-9-20-23(10-12)8-5-17/h3,6,9-10H,2,4,7-8H2,1H3,(H,19,21,22). The molecule has 1 saturated heterocycles. The van der Waals surface area contributed by atoms with Gasteiger partial charge in [0.05, 0.1) is 24.0 Å². The number of nitriles is 2. The van der Waals surface area contributed by atoms with Gasteiger partial charge in [0.15, 0.2) is 0 Å². The first kappa shape index (κ1) is 16.4. The Morgan fingerprint density at radius 3 is 2.96 bits per heavy atom. The molecule has 0 aliphatic carbocycles. The Labute approximate surface area is 144 Å². The summed E-state index contributed by atoms with van der Waals surface area (Å²) >= 11 is 0. The van der Waals surface area contributed by atoms with Gasteiger partial charge in [-0.05, 0) is 18.9 Å². The van der Waals surface area contributed by atoms with Crippen LogP contribution in [0.1, 0.15) is 19.8 Å². The summed E-state index contributed by atoms with van der Waals surface area (Å²) in [4.78, 5) is 22.6. The summed E-state index contributed by atoms with van der Waals surface area (Å²) in [6.45, 7) is 2.45. The summed E-state index contributed by atoms with van der Waals surface area (Å²) in [5.74, 6) is 0.550. The zero-order valence-corrected chi connectivity index (χ0v) is 13.7. The largest absolute Gasteiger partial charge is 0.321 e. The van der Waals surface area contributed by atoms with Crippen LogP contribution in [0, 0.1) is 28.1 Å². The summed E-state index contributed by atoms with van der Waals surface area (Å²) < 4.78 is 1.48. The third-order valence-electron chi connectivity index (χ3n) is 4.27. The van der Waals surface area contributed by atoms with E-state index in [1.807, 2.05) is 13.0 Å². The van der Waals surface area contributed by atoms with Crippen molar-refractivity contribution in [2.24, 2.45) is 5.41 Å². The van der Waals surface area contributed by atoms with E-state index >= 15 is 0 Å². The number of carbonyl (C=O) groups excluding carboxylic acids is 1. The van der Waals surface area contributed by atoms with Crippen molar-refractivity contribution in [2.75, 3.05) is 16.8 Å². The summed E-state index contributed by atoms with van der Waals surface area (Å²) in [6.07, 6.45) is 5.75. The molecule has 1 atom stereocenters. The zero-order valence-electron chi connectivity index (χ0n) is 13.7. The number of anilines is 3. The van der Waals surface area contributed by atoms with E-state index in [0.717, 1.165) is 0 Å². The number of carbonyl (C=O) groups is 1. The lowest BCUT2D eigenvalue weighted by Crippen LogP contribution is -2.33. The van der Waals surface area contributed by atoms with Crippen molar-refractivity contribution in [1.82, 2.24) is 19.7 Å². The van der Waals surface area contributed by atoms with Gasteiger partial charge in [0.1, 0.15) is 17.8 Å². The van der Waals surface area contributed by atoms with Gasteiger partial charge in [-0.3, -0.25) is 14.4 Å². The van der Waals surface area contributed by atoms with Gasteiger partial charge in [-0.2, -0.15) is 20.6 Å². The topological polar surface area (TPSA) is 124 Å². The van der Waals surface area contributed by atoms with E-state index in [2.05, 4.69) is 26.5 Å². The molecule has 1 aliphatic rings. The van der Waals surface area contributed by atoms with Gasteiger partial charge in [0.2, 0.25) is 11.9 Å². The van der Waals surface area contributed by atoms with Crippen molar-refractivity contribution in [3.05, 3.63) is 24.7 Å². The Balaban J connectivity index is 1.79. The molecule has 0 bridgehead atoms. The fourth-order valence-electron chi connectivity index (χ4n) is 2.77. The second-order valence-electron chi connectivity index (χ2n) is 5.70. The maximum Gasteiger partial charge on any atom is 0.248 e. The highest BCUT2D eigenvalue weighted by atomic mass is 16.2. The second-order valence-corrected chi connectivity index (χ2v) is 5.70. The van der Waals surface area contributed by atoms with Crippen LogP contribution in [0.15, 0.2) is 24.7 Å². The summed E-state index contributed by atoms with van der Waals surface area (Å²) in [5.41, 5.74) is -0.322. The molecule has 2 aromatic rings. The smallest absolute Gasteiger partial charge is 0.248 e. The van der Waals surface area contributed by atoms with E-state index in [9.17, 15) is 10.1 Å². The van der Waals surface area contributed by atoms with E-state index in [-0.39, 0.29) is 12.5 Å². The Kier molecular flexibility index (Phi) is 4.31. The van der Waals surface area contributed by atoms with E-state index in [0.29, 0.717) is 36.8 Å². The number of nitrogens with zero attached hydrogens (tertiary/aromatic N) is 7. The number of amides is 1. The molecule has 3 heterocycles. The van der Waals surface area contributed by atoms with E-state index in [1.165, 1.54) is 9.58 Å². The van der Waals surface area contributed by atoms with Crippen molar-refractivity contribution in [3.63, 3.8) is 0 Å². The minimum Gasteiger partial charge on any atom is -0.321 e. The number of rotatable bonds is 5. The first-order chi connectivity index (χ1) is 12.1. The highest BCUT2D eigenvalue weighted by Crippen LogP contribution is 2.36. The molecule has 126 valence electrons. The predicted octanol–water partition coefficient (Wildman–Crippen LogP) is 1.60. The highest BCUT2D eigenvalue weighted by Gasteiger charge is 2.46. The molecule has 3 rings (SSSR count). The monoisotopic (exact) mass is 336 g/mol. The third-order valence-corrected chi connectivity index (χ3v) is 4.27. The van der Waals surface area contributed by atoms with Crippen LogP contribution in [-0.2, 0) is 11.3 Å². The minimum absolute atomic E-state index is 0.151. The number of hydrogen-bond donors (Lipinski definition) is 1. The van der Waals surface area contributed by atoms with Crippen LogP contribution in [0.4, 0.5) is 17.5 Å². The fourth-order valence-corrected chi connectivity index (χ4v) is 2.77. The van der Waals surface area contributed by atoms with Gasteiger partial charge in [0.25, 0.3) is 0 Å². The van der Waals surface area contributed by atoms with Crippen LogP contribution >= 0.6 is 0 Å². The van der Waals surface area contributed by atoms with Gasteiger partial charge < -0.3 is 5.32 Å². The third kappa shape index (κ3) is 3.00. The van der Waals surface area contributed by atoms with Crippen LogP contribution in [0.3, 0.4) is 0 Å². The van der Waals surface area contributed by atoms with Crippen LogP contribution in [0.5, 0.6) is 0 Å². The Hall–Kier alpha value is -3.46. The molecule has 1 amide bonds. The molecule has 25 heavy (non-hydrogen) atoms. The Morgan fingerprint density at radius 2 is 2.28 bits per heavy atom. The quantitative estimate of drug-likeness (QED) is 0.879. The molecule has 9 nitrogen and oxygen atoms in total. The fraction of sp³-hybridized carbons (Fsp3) is 0.375. The van der Waals surface area contributed by atoms with Gasteiger partial charge in [-0.25, -0.2) is 4.98 Å². The van der Waals surface area contributed by atoms with Gasteiger partial charge in [0, 0.05) is 18.9 Å². The Bertz CT molecular complexity index is 877. The number of aromatic nitrogens is 4. The maximum absolute atomic E-state index is 12.6.